The molecule has 3 fully saturated rings. The van der Waals surface area contributed by atoms with Crippen molar-refractivity contribution in [1.82, 2.24) is 0 Å². The molecule has 2 saturated heterocycles. The topological polar surface area (TPSA) is 44.8 Å². The average molecular weight is 254 g/mol. The molecule has 2 aliphatic heterocycles. The van der Waals surface area contributed by atoms with Crippen molar-refractivity contribution in [2.45, 2.75) is 63.3 Å². The fraction of sp³-hybridized carbons (Fsp3) is 0.929. The van der Waals surface area contributed by atoms with Crippen molar-refractivity contribution in [3.05, 3.63) is 0 Å². The molecule has 102 valence electrons. The number of ether oxygens (including phenoxy) is 3. The van der Waals surface area contributed by atoms with E-state index in [1.54, 1.807) is 0 Å². The molecule has 2 atom stereocenters. The van der Waals surface area contributed by atoms with E-state index in [9.17, 15) is 4.79 Å². The molecular weight excluding hydrogens is 232 g/mol. The molecule has 0 radical (unpaired) electrons. The third kappa shape index (κ3) is 2.05. The molecule has 0 amide bonds. The van der Waals surface area contributed by atoms with Crippen LogP contribution in [0.15, 0.2) is 0 Å². The van der Waals surface area contributed by atoms with Crippen LogP contribution >= 0.6 is 0 Å². The van der Waals surface area contributed by atoms with Gasteiger partial charge in [0.05, 0.1) is 0 Å². The highest BCUT2D eigenvalue weighted by atomic mass is 16.6. The second-order valence-electron chi connectivity index (χ2n) is 5.72. The van der Waals surface area contributed by atoms with Crippen LogP contribution in [0, 0.1) is 5.92 Å². The molecule has 4 nitrogen and oxygen atoms in total. The number of hydrogen-bond donors (Lipinski definition) is 0. The van der Waals surface area contributed by atoms with Crippen molar-refractivity contribution in [2.24, 2.45) is 5.92 Å². The highest BCUT2D eigenvalue weighted by Gasteiger charge is 2.60. The van der Waals surface area contributed by atoms with E-state index in [4.69, 9.17) is 14.2 Å². The lowest BCUT2D eigenvalue weighted by Gasteiger charge is -2.42. The van der Waals surface area contributed by atoms with E-state index in [0.717, 1.165) is 51.7 Å². The predicted octanol–water partition coefficient (Wildman–Crippen LogP) is 2.06. The molecule has 2 heterocycles. The molecular formula is C14H22O4. The number of hydrogen-bond acceptors (Lipinski definition) is 4. The van der Waals surface area contributed by atoms with Crippen LogP contribution < -0.4 is 0 Å². The van der Waals surface area contributed by atoms with Crippen molar-refractivity contribution in [1.29, 1.82) is 0 Å². The van der Waals surface area contributed by atoms with E-state index in [1.807, 2.05) is 0 Å². The lowest BCUT2D eigenvalue weighted by atomic mass is 9.82. The molecule has 0 aromatic heterocycles. The molecule has 3 rings (SSSR count). The Balaban J connectivity index is 1.89. The van der Waals surface area contributed by atoms with Gasteiger partial charge in [-0.05, 0) is 38.5 Å². The lowest BCUT2D eigenvalue weighted by molar-refractivity contribution is -0.205. The van der Waals surface area contributed by atoms with E-state index in [0.29, 0.717) is 5.92 Å². The molecule has 0 aromatic rings. The Hall–Kier alpha value is -0.610. The van der Waals surface area contributed by atoms with Gasteiger partial charge in [-0.1, -0.05) is 0 Å². The van der Waals surface area contributed by atoms with Gasteiger partial charge in [-0.15, -0.1) is 0 Å². The Morgan fingerprint density at radius 2 is 1.61 bits per heavy atom. The van der Waals surface area contributed by atoms with Crippen LogP contribution in [0.5, 0.6) is 0 Å². The van der Waals surface area contributed by atoms with Gasteiger partial charge in [0.15, 0.2) is 5.60 Å². The number of carbonyl (C=O) groups excluding carboxylic acids is 1. The maximum atomic E-state index is 11.6. The van der Waals surface area contributed by atoms with Crippen LogP contribution in [-0.4, -0.2) is 37.0 Å². The zero-order valence-electron chi connectivity index (χ0n) is 11.0. The molecule has 1 saturated carbocycles. The van der Waals surface area contributed by atoms with Gasteiger partial charge in [-0.2, -0.15) is 0 Å². The predicted molar refractivity (Wildman–Crippen MR) is 65.2 cm³/mol. The molecule has 4 heteroatoms. The Kier molecular flexibility index (Phi) is 3.32. The zero-order valence-corrected chi connectivity index (χ0v) is 11.0. The summed E-state index contributed by atoms with van der Waals surface area (Å²) in [6, 6.07) is 0. The van der Waals surface area contributed by atoms with Gasteiger partial charge in [-0.25, -0.2) is 0 Å². The van der Waals surface area contributed by atoms with E-state index >= 15 is 0 Å². The minimum atomic E-state index is -0.501. The van der Waals surface area contributed by atoms with Crippen LogP contribution in [0.4, 0.5) is 0 Å². The summed E-state index contributed by atoms with van der Waals surface area (Å²) in [6.45, 7) is 3.07. The molecule has 0 bridgehead atoms. The number of esters is 1. The van der Waals surface area contributed by atoms with Gasteiger partial charge >= 0.3 is 5.97 Å². The lowest BCUT2D eigenvalue weighted by Crippen LogP contribution is -2.56. The fourth-order valence-electron chi connectivity index (χ4n) is 3.60. The van der Waals surface area contributed by atoms with E-state index in [1.165, 1.54) is 6.92 Å². The molecule has 1 aliphatic carbocycles. The number of rotatable bonds is 4. The Morgan fingerprint density at radius 1 is 1.06 bits per heavy atom. The summed E-state index contributed by atoms with van der Waals surface area (Å²) in [4.78, 5) is 11.6. The van der Waals surface area contributed by atoms with Crippen LogP contribution in [0.2, 0.25) is 0 Å². The first kappa shape index (κ1) is 12.4. The summed E-state index contributed by atoms with van der Waals surface area (Å²) in [6.07, 6.45) is 6.45. The molecule has 18 heavy (non-hydrogen) atoms. The largest absolute Gasteiger partial charge is 0.453 e. The van der Waals surface area contributed by atoms with Crippen molar-refractivity contribution in [3.63, 3.8) is 0 Å². The van der Waals surface area contributed by atoms with Crippen LogP contribution in [0.1, 0.15) is 45.4 Å². The van der Waals surface area contributed by atoms with E-state index in [-0.39, 0.29) is 18.2 Å². The second-order valence-corrected chi connectivity index (χ2v) is 5.72. The summed E-state index contributed by atoms with van der Waals surface area (Å²) in [5.74, 6) is 0.237. The third-order valence-corrected chi connectivity index (χ3v) is 4.40. The first-order chi connectivity index (χ1) is 8.73. The number of carbonyl (C=O) groups is 1. The minimum Gasteiger partial charge on any atom is -0.453 e. The van der Waals surface area contributed by atoms with Crippen molar-refractivity contribution in [2.75, 3.05) is 13.2 Å². The highest BCUT2D eigenvalue weighted by Crippen LogP contribution is 2.51. The maximum absolute atomic E-state index is 11.6. The zero-order chi connectivity index (χ0) is 12.6. The molecule has 2 unspecified atom stereocenters. The summed E-state index contributed by atoms with van der Waals surface area (Å²) in [5, 5.41) is 0. The summed E-state index contributed by atoms with van der Waals surface area (Å²) in [5.41, 5.74) is -0.501. The monoisotopic (exact) mass is 254 g/mol. The van der Waals surface area contributed by atoms with Gasteiger partial charge < -0.3 is 14.2 Å². The van der Waals surface area contributed by atoms with Gasteiger partial charge in [0.2, 0.25) is 0 Å². The summed E-state index contributed by atoms with van der Waals surface area (Å²) < 4.78 is 17.6. The SMILES string of the molecule is CC(=O)OC(C1CC1)(C1CCCO1)C1CCCO1. The Labute approximate surface area is 108 Å². The van der Waals surface area contributed by atoms with Crippen LogP contribution in [0.25, 0.3) is 0 Å². The van der Waals surface area contributed by atoms with Gasteiger partial charge in [0.25, 0.3) is 0 Å². The summed E-state index contributed by atoms with van der Waals surface area (Å²) in [7, 11) is 0. The minimum absolute atomic E-state index is 0.0389. The molecule has 0 aromatic carbocycles. The molecule has 0 N–H and O–H groups in total. The first-order valence-electron chi connectivity index (χ1n) is 7.16. The fourth-order valence-corrected chi connectivity index (χ4v) is 3.60. The van der Waals surface area contributed by atoms with Gasteiger partial charge in [0.1, 0.15) is 12.2 Å². The highest BCUT2D eigenvalue weighted by molar-refractivity contribution is 5.67. The first-order valence-corrected chi connectivity index (χ1v) is 7.16. The van der Waals surface area contributed by atoms with Crippen molar-refractivity contribution < 1.29 is 19.0 Å². The molecule has 0 spiro atoms. The van der Waals surface area contributed by atoms with Gasteiger partial charge in [0, 0.05) is 26.1 Å². The van der Waals surface area contributed by atoms with Crippen molar-refractivity contribution >= 4 is 5.97 Å². The van der Waals surface area contributed by atoms with Gasteiger partial charge in [-0.3, -0.25) is 4.79 Å². The second kappa shape index (κ2) is 4.82. The van der Waals surface area contributed by atoms with E-state index < -0.39 is 5.60 Å². The quantitative estimate of drug-likeness (QED) is 0.720. The molecule has 3 aliphatic rings. The smallest absolute Gasteiger partial charge is 0.303 e. The standard InChI is InChI=1S/C14H22O4/c1-10(15)18-14(11-6-7-11,12-4-2-8-16-12)13-5-3-9-17-13/h11-13H,2-9H2,1H3. The van der Waals surface area contributed by atoms with Crippen molar-refractivity contribution in [3.8, 4) is 0 Å². The average Bonchev–Trinajstić information content (AvgIpc) is 2.85. The Morgan fingerprint density at radius 3 is 1.94 bits per heavy atom. The van der Waals surface area contributed by atoms with E-state index in [2.05, 4.69) is 0 Å². The summed E-state index contributed by atoms with van der Waals surface area (Å²) >= 11 is 0. The van der Waals surface area contributed by atoms with Crippen LogP contribution in [0.3, 0.4) is 0 Å². The Bertz CT molecular complexity index is 296. The third-order valence-electron chi connectivity index (χ3n) is 4.40. The normalized spacial score (nSPS) is 35.4. The van der Waals surface area contributed by atoms with Crippen LogP contribution in [-0.2, 0) is 19.0 Å². The maximum Gasteiger partial charge on any atom is 0.303 e.